The number of amides is 2. The molecule has 0 saturated heterocycles. The second-order valence-electron chi connectivity index (χ2n) is 11.2. The molecule has 2 atom stereocenters. The molecule has 43 heavy (non-hydrogen) atoms. The summed E-state index contributed by atoms with van der Waals surface area (Å²) in [7, 11) is -2.00. The van der Waals surface area contributed by atoms with E-state index in [9.17, 15) is 18.0 Å². The fourth-order valence-corrected chi connectivity index (χ4v) is 6.01. The van der Waals surface area contributed by atoms with Gasteiger partial charge in [-0.1, -0.05) is 55.5 Å². The van der Waals surface area contributed by atoms with Crippen LogP contribution in [0.1, 0.15) is 55.4 Å². The minimum absolute atomic E-state index is 0.0550. The highest BCUT2D eigenvalue weighted by Gasteiger charge is 2.31. The van der Waals surface area contributed by atoms with Gasteiger partial charge in [0.2, 0.25) is 21.8 Å². The molecule has 0 aliphatic rings. The summed E-state index contributed by atoms with van der Waals surface area (Å²) >= 11 is 0. The fourth-order valence-electron chi connectivity index (χ4n) is 5.06. The fraction of sp³-hybridized carbons (Fsp3) is 0.412. The zero-order valence-electron chi connectivity index (χ0n) is 26.2. The van der Waals surface area contributed by atoms with Gasteiger partial charge >= 0.3 is 0 Å². The molecule has 3 aromatic carbocycles. The number of anilines is 1. The molecule has 3 rings (SSSR count). The van der Waals surface area contributed by atoms with Gasteiger partial charge < -0.3 is 15.0 Å². The van der Waals surface area contributed by atoms with Crippen LogP contribution in [0.4, 0.5) is 5.69 Å². The van der Waals surface area contributed by atoms with Crippen molar-refractivity contribution < 1.29 is 22.7 Å². The number of rotatable bonds is 15. The Morgan fingerprint density at radius 3 is 2.19 bits per heavy atom. The number of benzene rings is 3. The first-order valence-corrected chi connectivity index (χ1v) is 16.6. The van der Waals surface area contributed by atoms with Gasteiger partial charge in [0.25, 0.3) is 0 Å². The maximum absolute atomic E-state index is 14.0. The number of sulfonamides is 1. The topological polar surface area (TPSA) is 96.0 Å². The average molecular weight is 608 g/mol. The Hall–Kier alpha value is -3.85. The lowest BCUT2D eigenvalue weighted by Crippen LogP contribution is -2.52. The molecular formula is C34H45N3O5S. The van der Waals surface area contributed by atoms with E-state index in [1.807, 2.05) is 100 Å². The molecule has 0 radical (unpaired) electrons. The van der Waals surface area contributed by atoms with Crippen LogP contribution in [0.3, 0.4) is 0 Å². The van der Waals surface area contributed by atoms with E-state index in [4.69, 9.17) is 4.74 Å². The van der Waals surface area contributed by atoms with Gasteiger partial charge in [0.15, 0.2) is 0 Å². The standard InChI is InChI=1S/C34H45N3O5S/c1-7-27(4)35-34(39)32(23-28-13-9-8-10-14-28)36(24-29-15-11-16-31(22-29)42-5)33(38)17-12-18-37(43(6,40)41)30-20-25(2)19-26(3)21-30/h8-11,13-16,19-22,27,32H,7,12,17-18,23-24H2,1-6H3,(H,35,39)/t27-,32+/m0/s1. The molecule has 0 heterocycles. The highest BCUT2D eigenvalue weighted by atomic mass is 32.2. The molecule has 9 heteroatoms. The largest absolute Gasteiger partial charge is 0.497 e. The van der Waals surface area contributed by atoms with Crippen molar-refractivity contribution in [1.29, 1.82) is 0 Å². The predicted octanol–water partition coefficient (Wildman–Crippen LogP) is 5.41. The quantitative estimate of drug-likeness (QED) is 0.249. The van der Waals surface area contributed by atoms with Crippen molar-refractivity contribution in [1.82, 2.24) is 10.2 Å². The SMILES string of the molecule is CC[C@H](C)NC(=O)[C@@H](Cc1ccccc1)N(Cc1cccc(OC)c1)C(=O)CCCN(c1cc(C)cc(C)c1)S(C)(=O)=O. The third-order valence-electron chi connectivity index (χ3n) is 7.41. The number of carbonyl (C=O) groups is 2. The van der Waals surface area contributed by atoms with Crippen LogP contribution in [-0.4, -0.2) is 57.1 Å². The molecule has 0 bridgehead atoms. The number of methoxy groups -OCH3 is 1. The third-order valence-corrected chi connectivity index (χ3v) is 8.60. The van der Waals surface area contributed by atoms with E-state index in [1.165, 1.54) is 10.6 Å². The second kappa shape index (κ2) is 15.6. The maximum atomic E-state index is 14.0. The lowest BCUT2D eigenvalue weighted by Gasteiger charge is -2.33. The maximum Gasteiger partial charge on any atom is 0.243 e. The summed E-state index contributed by atoms with van der Waals surface area (Å²) in [5.41, 5.74) is 4.26. The predicted molar refractivity (Wildman–Crippen MR) is 173 cm³/mol. The molecule has 8 nitrogen and oxygen atoms in total. The van der Waals surface area contributed by atoms with Crippen LogP contribution < -0.4 is 14.4 Å². The first kappa shape index (κ1) is 33.6. The van der Waals surface area contributed by atoms with E-state index in [0.29, 0.717) is 24.3 Å². The first-order chi connectivity index (χ1) is 20.4. The Balaban J connectivity index is 1.92. The minimum atomic E-state index is -3.58. The van der Waals surface area contributed by atoms with Crippen molar-refractivity contribution in [2.75, 3.05) is 24.2 Å². The summed E-state index contributed by atoms with van der Waals surface area (Å²) in [5.74, 6) is 0.213. The number of ether oxygens (including phenoxy) is 1. The molecule has 2 amide bonds. The lowest BCUT2D eigenvalue weighted by molar-refractivity contribution is -0.141. The van der Waals surface area contributed by atoms with Crippen LogP contribution in [0.2, 0.25) is 0 Å². The molecule has 1 N–H and O–H groups in total. The van der Waals surface area contributed by atoms with Gasteiger partial charge in [-0.3, -0.25) is 13.9 Å². The zero-order valence-corrected chi connectivity index (χ0v) is 27.0. The van der Waals surface area contributed by atoms with Gasteiger partial charge in [-0.2, -0.15) is 0 Å². The highest BCUT2D eigenvalue weighted by molar-refractivity contribution is 7.92. The molecule has 0 spiro atoms. The van der Waals surface area contributed by atoms with Crippen LogP contribution in [-0.2, 0) is 32.6 Å². The Bertz CT molecular complexity index is 1460. The number of nitrogens with one attached hydrogen (secondary N) is 1. The summed E-state index contributed by atoms with van der Waals surface area (Å²) in [6.07, 6.45) is 2.64. The van der Waals surface area contributed by atoms with Crippen LogP contribution in [0.15, 0.2) is 72.8 Å². The monoisotopic (exact) mass is 607 g/mol. The van der Waals surface area contributed by atoms with E-state index in [2.05, 4.69) is 5.32 Å². The van der Waals surface area contributed by atoms with Gasteiger partial charge in [0, 0.05) is 32.0 Å². The highest BCUT2D eigenvalue weighted by Crippen LogP contribution is 2.23. The van der Waals surface area contributed by atoms with Gasteiger partial charge in [-0.25, -0.2) is 8.42 Å². The summed E-state index contributed by atoms with van der Waals surface area (Å²) in [6, 6.07) is 21.9. The second-order valence-corrected chi connectivity index (χ2v) is 13.1. The smallest absolute Gasteiger partial charge is 0.243 e. The van der Waals surface area contributed by atoms with E-state index >= 15 is 0 Å². The number of aryl methyl sites for hydroxylation is 2. The molecule has 0 fully saturated rings. The van der Waals surface area contributed by atoms with E-state index < -0.39 is 16.1 Å². The van der Waals surface area contributed by atoms with E-state index in [1.54, 1.807) is 12.0 Å². The van der Waals surface area contributed by atoms with Crippen molar-refractivity contribution >= 4 is 27.5 Å². The van der Waals surface area contributed by atoms with Crippen LogP contribution in [0, 0.1) is 13.8 Å². The van der Waals surface area contributed by atoms with Crippen LogP contribution >= 0.6 is 0 Å². The van der Waals surface area contributed by atoms with Crippen molar-refractivity contribution in [3.8, 4) is 5.75 Å². The summed E-state index contributed by atoms with van der Waals surface area (Å²) < 4.78 is 32.3. The minimum Gasteiger partial charge on any atom is -0.497 e. The summed E-state index contributed by atoms with van der Waals surface area (Å²) in [4.78, 5) is 29.4. The number of carbonyl (C=O) groups excluding carboxylic acids is 2. The molecule has 0 saturated carbocycles. The van der Waals surface area contributed by atoms with Gasteiger partial charge in [0.1, 0.15) is 11.8 Å². The molecule has 0 unspecified atom stereocenters. The Morgan fingerprint density at radius 2 is 1.58 bits per heavy atom. The molecular weight excluding hydrogens is 562 g/mol. The van der Waals surface area contributed by atoms with E-state index in [0.717, 1.165) is 28.7 Å². The van der Waals surface area contributed by atoms with Crippen LogP contribution in [0.5, 0.6) is 5.75 Å². The Morgan fingerprint density at radius 1 is 0.930 bits per heavy atom. The number of hydrogen-bond donors (Lipinski definition) is 1. The first-order valence-electron chi connectivity index (χ1n) is 14.7. The zero-order chi connectivity index (χ0) is 31.6. The molecule has 232 valence electrons. The Labute approximate surface area is 257 Å². The van der Waals surface area contributed by atoms with Gasteiger partial charge in [0.05, 0.1) is 19.1 Å². The van der Waals surface area contributed by atoms with Crippen molar-refractivity contribution in [2.45, 2.75) is 72.0 Å². The van der Waals surface area contributed by atoms with E-state index in [-0.39, 0.29) is 37.4 Å². The van der Waals surface area contributed by atoms with Gasteiger partial charge in [-0.15, -0.1) is 0 Å². The molecule has 0 aliphatic carbocycles. The third kappa shape index (κ3) is 10.1. The lowest BCUT2D eigenvalue weighted by atomic mass is 10.0. The average Bonchev–Trinajstić information content (AvgIpc) is 2.96. The Kier molecular flexibility index (Phi) is 12.2. The van der Waals surface area contributed by atoms with Crippen LogP contribution in [0.25, 0.3) is 0 Å². The molecule has 0 aromatic heterocycles. The number of nitrogens with zero attached hydrogens (tertiary/aromatic N) is 2. The summed E-state index contributed by atoms with van der Waals surface area (Å²) in [5, 5.41) is 3.07. The van der Waals surface area contributed by atoms with Crippen molar-refractivity contribution in [3.05, 3.63) is 95.1 Å². The van der Waals surface area contributed by atoms with Gasteiger partial charge in [-0.05, 0) is 80.1 Å². The molecule has 0 aliphatic heterocycles. The van der Waals surface area contributed by atoms with Crippen molar-refractivity contribution in [3.63, 3.8) is 0 Å². The normalized spacial score (nSPS) is 12.7. The van der Waals surface area contributed by atoms with Crippen molar-refractivity contribution in [2.24, 2.45) is 0 Å². The molecule has 3 aromatic rings. The summed E-state index contributed by atoms with van der Waals surface area (Å²) in [6.45, 7) is 8.14. The number of hydrogen-bond acceptors (Lipinski definition) is 5.